The van der Waals surface area contributed by atoms with Crippen LogP contribution < -0.4 is 10.5 Å². The van der Waals surface area contributed by atoms with Crippen molar-refractivity contribution in [1.82, 2.24) is 4.72 Å². The van der Waals surface area contributed by atoms with Gasteiger partial charge in [-0.15, -0.1) is 0 Å². The van der Waals surface area contributed by atoms with Gasteiger partial charge in [0.15, 0.2) is 0 Å². The molecule has 0 aromatic carbocycles. The molecular weight excluding hydrogens is 234 g/mol. The molecule has 14 heavy (non-hydrogen) atoms. The van der Waals surface area contributed by atoms with Crippen LogP contribution in [0.5, 0.6) is 0 Å². The highest BCUT2D eigenvalue weighted by molar-refractivity contribution is 7.89. The Bertz CT molecular complexity index is 292. The Kier molecular flexibility index (Phi) is 5.38. The van der Waals surface area contributed by atoms with E-state index in [-0.39, 0.29) is 4.99 Å². The number of sulfonamides is 1. The van der Waals surface area contributed by atoms with Gasteiger partial charge in [0.1, 0.15) is 0 Å². The minimum atomic E-state index is -4.62. The lowest BCUT2D eigenvalue weighted by atomic mass is 10.2. The van der Waals surface area contributed by atoms with Crippen LogP contribution in [0.4, 0.5) is 8.78 Å². The molecule has 0 aromatic rings. The molecule has 0 fully saturated rings. The summed E-state index contributed by atoms with van der Waals surface area (Å²) < 4.78 is 47.1. The number of hydrogen-bond donors (Lipinski definition) is 2. The Morgan fingerprint density at radius 1 is 1.57 bits per heavy atom. The summed E-state index contributed by atoms with van der Waals surface area (Å²) in [5.41, 5.74) is 5.19. The van der Waals surface area contributed by atoms with Gasteiger partial charge in [0.2, 0.25) is 0 Å². The average molecular weight is 246 g/mol. The first kappa shape index (κ1) is 13.7. The normalized spacial score (nSPS) is 14.3. The third-order valence-electron chi connectivity index (χ3n) is 1.46. The highest BCUT2D eigenvalue weighted by atomic mass is 32.2. The van der Waals surface area contributed by atoms with E-state index in [0.717, 1.165) is 0 Å². The highest BCUT2D eigenvalue weighted by Gasteiger charge is 2.27. The molecule has 3 N–H and O–H groups in total. The first-order chi connectivity index (χ1) is 6.31. The maximum Gasteiger partial charge on any atom is 0.350 e. The van der Waals surface area contributed by atoms with Gasteiger partial charge in [0.25, 0.3) is 10.0 Å². The SMILES string of the molecule is CCCC(NS(=O)(=O)C(F)F)C(N)=S. The number of nitrogens with one attached hydrogen (secondary N) is 1. The van der Waals surface area contributed by atoms with Crippen LogP contribution in [0.25, 0.3) is 0 Å². The smallest absolute Gasteiger partial charge is 0.350 e. The van der Waals surface area contributed by atoms with Crippen molar-refractivity contribution in [3.8, 4) is 0 Å². The molecule has 0 heterocycles. The van der Waals surface area contributed by atoms with Crippen molar-refractivity contribution in [3.63, 3.8) is 0 Å². The quantitative estimate of drug-likeness (QED) is 0.673. The van der Waals surface area contributed by atoms with Crippen molar-refractivity contribution < 1.29 is 17.2 Å². The summed E-state index contributed by atoms with van der Waals surface area (Å²) in [6.07, 6.45) is 0.898. The minimum Gasteiger partial charge on any atom is -0.392 e. The summed E-state index contributed by atoms with van der Waals surface area (Å²) in [6, 6.07) is -0.894. The van der Waals surface area contributed by atoms with E-state index >= 15 is 0 Å². The Hall–Kier alpha value is -0.340. The number of alkyl halides is 2. The monoisotopic (exact) mass is 246 g/mol. The van der Waals surface area contributed by atoms with Gasteiger partial charge in [0.05, 0.1) is 11.0 Å². The number of rotatable bonds is 6. The van der Waals surface area contributed by atoms with E-state index in [0.29, 0.717) is 12.8 Å². The minimum absolute atomic E-state index is 0.129. The molecule has 84 valence electrons. The lowest BCUT2D eigenvalue weighted by Crippen LogP contribution is -2.45. The zero-order chi connectivity index (χ0) is 11.4. The molecule has 1 atom stereocenters. The molecule has 4 nitrogen and oxygen atoms in total. The maximum atomic E-state index is 11.9. The molecule has 0 amide bonds. The summed E-state index contributed by atoms with van der Waals surface area (Å²) in [7, 11) is -4.62. The summed E-state index contributed by atoms with van der Waals surface area (Å²) in [6.45, 7) is 1.77. The fourth-order valence-corrected chi connectivity index (χ4v) is 1.79. The second-order valence-electron chi connectivity index (χ2n) is 2.67. The van der Waals surface area contributed by atoms with Crippen LogP contribution in [0.1, 0.15) is 19.8 Å². The summed E-state index contributed by atoms with van der Waals surface area (Å²) in [5.74, 6) is -3.46. The van der Waals surface area contributed by atoms with Gasteiger partial charge in [-0.05, 0) is 6.42 Å². The van der Waals surface area contributed by atoms with Gasteiger partial charge in [-0.25, -0.2) is 13.1 Å². The average Bonchev–Trinajstić information content (AvgIpc) is 2.02. The molecule has 1 unspecified atom stereocenters. The van der Waals surface area contributed by atoms with E-state index in [4.69, 9.17) is 5.73 Å². The number of halogens is 2. The molecule has 8 heteroatoms. The van der Waals surface area contributed by atoms with E-state index in [2.05, 4.69) is 12.2 Å². The number of hydrogen-bond acceptors (Lipinski definition) is 3. The van der Waals surface area contributed by atoms with Crippen LogP contribution in [0.3, 0.4) is 0 Å². The maximum absolute atomic E-state index is 11.9. The van der Waals surface area contributed by atoms with E-state index in [1.807, 2.05) is 0 Å². The predicted molar refractivity (Wildman–Crippen MR) is 53.5 cm³/mol. The zero-order valence-corrected chi connectivity index (χ0v) is 9.17. The standard InChI is InChI=1S/C6H12F2N2O2S2/c1-2-3-4(5(9)13)10-14(11,12)6(7)8/h4,6,10H,2-3H2,1H3,(H2,9,13). The molecule has 0 radical (unpaired) electrons. The lowest BCUT2D eigenvalue weighted by Gasteiger charge is -2.15. The van der Waals surface area contributed by atoms with Crippen molar-refractivity contribution in [2.75, 3.05) is 0 Å². The first-order valence-corrected chi connectivity index (χ1v) is 5.85. The number of thiocarbonyl (C=S) groups is 1. The molecule has 0 aromatic heterocycles. The lowest BCUT2D eigenvalue weighted by molar-refractivity contribution is 0.232. The van der Waals surface area contributed by atoms with Gasteiger partial charge < -0.3 is 5.73 Å². The summed E-state index contributed by atoms with van der Waals surface area (Å²) in [4.78, 5) is -0.129. The largest absolute Gasteiger partial charge is 0.392 e. The Morgan fingerprint density at radius 3 is 2.36 bits per heavy atom. The molecule has 0 spiro atoms. The molecule has 0 aliphatic heterocycles. The number of nitrogens with two attached hydrogens (primary N) is 1. The first-order valence-electron chi connectivity index (χ1n) is 3.90. The molecule has 0 rings (SSSR count). The van der Waals surface area contributed by atoms with Crippen molar-refractivity contribution in [2.45, 2.75) is 31.6 Å². The second kappa shape index (κ2) is 5.52. The molecule has 0 aliphatic carbocycles. The predicted octanol–water partition coefficient (Wildman–Crippen LogP) is 0.583. The van der Waals surface area contributed by atoms with Crippen molar-refractivity contribution in [3.05, 3.63) is 0 Å². The van der Waals surface area contributed by atoms with E-state index in [1.165, 1.54) is 0 Å². The summed E-state index contributed by atoms with van der Waals surface area (Å²) in [5, 5.41) is 0. The van der Waals surface area contributed by atoms with Crippen LogP contribution in [0.2, 0.25) is 0 Å². The second-order valence-corrected chi connectivity index (χ2v) is 4.82. The van der Waals surface area contributed by atoms with Crippen LogP contribution in [-0.4, -0.2) is 25.2 Å². The Balaban J connectivity index is 4.53. The molecule has 0 bridgehead atoms. The van der Waals surface area contributed by atoms with E-state index in [9.17, 15) is 17.2 Å². The Labute approximate surface area is 86.9 Å². The van der Waals surface area contributed by atoms with Crippen molar-refractivity contribution in [2.24, 2.45) is 5.73 Å². The highest BCUT2D eigenvalue weighted by Crippen LogP contribution is 2.06. The summed E-state index contributed by atoms with van der Waals surface area (Å²) >= 11 is 4.54. The van der Waals surface area contributed by atoms with Crippen LogP contribution in [-0.2, 0) is 10.0 Å². The third kappa shape index (κ3) is 4.25. The van der Waals surface area contributed by atoms with Gasteiger partial charge in [-0.2, -0.15) is 8.78 Å². The Morgan fingerprint density at radius 2 is 2.07 bits per heavy atom. The van der Waals surface area contributed by atoms with Gasteiger partial charge >= 0.3 is 5.76 Å². The third-order valence-corrected chi connectivity index (χ3v) is 2.83. The topological polar surface area (TPSA) is 72.2 Å². The molecule has 0 saturated carbocycles. The fraction of sp³-hybridized carbons (Fsp3) is 0.833. The van der Waals surface area contributed by atoms with Crippen molar-refractivity contribution in [1.29, 1.82) is 0 Å². The van der Waals surface area contributed by atoms with E-state index in [1.54, 1.807) is 11.6 Å². The van der Waals surface area contributed by atoms with Crippen LogP contribution >= 0.6 is 12.2 Å². The van der Waals surface area contributed by atoms with Gasteiger partial charge in [-0.3, -0.25) is 0 Å². The molecule has 0 aliphatic rings. The van der Waals surface area contributed by atoms with Gasteiger partial charge in [0, 0.05) is 0 Å². The van der Waals surface area contributed by atoms with Crippen molar-refractivity contribution >= 4 is 27.2 Å². The van der Waals surface area contributed by atoms with Crippen LogP contribution in [0, 0.1) is 0 Å². The van der Waals surface area contributed by atoms with Crippen LogP contribution in [0.15, 0.2) is 0 Å². The fourth-order valence-electron chi connectivity index (χ4n) is 0.798. The molecular formula is C6H12F2N2O2S2. The van der Waals surface area contributed by atoms with Gasteiger partial charge in [-0.1, -0.05) is 25.6 Å². The van der Waals surface area contributed by atoms with E-state index < -0.39 is 21.8 Å². The molecule has 0 saturated heterocycles. The zero-order valence-electron chi connectivity index (χ0n) is 7.54.